The van der Waals surface area contributed by atoms with Gasteiger partial charge in [-0.1, -0.05) is 24.6 Å². The zero-order valence-electron chi connectivity index (χ0n) is 23.1. The van der Waals surface area contributed by atoms with Crippen molar-refractivity contribution in [2.75, 3.05) is 20.3 Å². The summed E-state index contributed by atoms with van der Waals surface area (Å²) < 4.78 is 4.76. The molecule has 5 rings (SSSR count). The van der Waals surface area contributed by atoms with Gasteiger partial charge >= 0.3 is 5.97 Å². The molecule has 0 aromatic heterocycles. The first-order valence-corrected chi connectivity index (χ1v) is 14.1. The maximum absolute atomic E-state index is 12.7. The van der Waals surface area contributed by atoms with Gasteiger partial charge in [0.25, 0.3) is 5.91 Å². The van der Waals surface area contributed by atoms with E-state index in [4.69, 9.17) is 9.57 Å². The number of aliphatic hydroxyl groups is 2. The molecule has 3 saturated carbocycles. The lowest BCUT2D eigenvalue weighted by Gasteiger charge is -2.59. The number of esters is 1. The van der Waals surface area contributed by atoms with Gasteiger partial charge in [-0.2, -0.15) is 0 Å². The molecule has 0 spiro atoms. The Morgan fingerprint density at radius 1 is 1.11 bits per heavy atom. The van der Waals surface area contributed by atoms with E-state index < -0.39 is 29.6 Å². The van der Waals surface area contributed by atoms with Crippen molar-refractivity contribution in [1.82, 2.24) is 4.90 Å². The van der Waals surface area contributed by atoms with Crippen LogP contribution in [0.4, 0.5) is 0 Å². The summed E-state index contributed by atoms with van der Waals surface area (Å²) in [4.78, 5) is 43.8. The van der Waals surface area contributed by atoms with Gasteiger partial charge in [-0.15, -0.1) is 0 Å². The van der Waals surface area contributed by atoms with Gasteiger partial charge in [0, 0.05) is 18.4 Å². The van der Waals surface area contributed by atoms with Crippen LogP contribution in [0.3, 0.4) is 0 Å². The number of fused-ring (bicyclic) bond motifs is 5. The van der Waals surface area contributed by atoms with E-state index in [1.165, 1.54) is 17.6 Å². The number of aliphatic hydroxyl groups excluding tert-OH is 1. The number of Topliss-reactive ketones (excluding diaryl/α,β-unsaturated/α-hetero) is 1. The van der Waals surface area contributed by atoms with Crippen LogP contribution in [0.2, 0.25) is 0 Å². The first-order valence-electron chi connectivity index (χ1n) is 14.1. The van der Waals surface area contributed by atoms with Crippen molar-refractivity contribution in [2.24, 2.45) is 33.7 Å². The molecule has 1 aliphatic heterocycles. The summed E-state index contributed by atoms with van der Waals surface area (Å²) in [5.74, 6) is 0.381. The fourth-order valence-corrected chi connectivity index (χ4v) is 8.94. The van der Waals surface area contributed by atoms with Crippen molar-refractivity contribution in [2.45, 2.75) is 96.3 Å². The Hall–Kier alpha value is -2.26. The van der Waals surface area contributed by atoms with Crippen molar-refractivity contribution >= 4 is 23.4 Å². The van der Waals surface area contributed by atoms with Gasteiger partial charge < -0.3 is 24.7 Å². The number of ketones is 1. The summed E-state index contributed by atoms with van der Waals surface area (Å²) >= 11 is 0. The highest BCUT2D eigenvalue weighted by molar-refractivity contribution is 5.96. The van der Waals surface area contributed by atoms with Gasteiger partial charge in [0.1, 0.15) is 11.6 Å². The number of amides is 1. The fourth-order valence-electron chi connectivity index (χ4n) is 8.94. The van der Waals surface area contributed by atoms with Crippen LogP contribution < -0.4 is 0 Å². The molecule has 38 heavy (non-hydrogen) atoms. The number of ether oxygens (including phenoxy) is 1. The van der Waals surface area contributed by atoms with Crippen molar-refractivity contribution in [1.29, 1.82) is 0 Å². The van der Waals surface area contributed by atoms with Crippen molar-refractivity contribution in [3.63, 3.8) is 0 Å². The first-order chi connectivity index (χ1) is 17.9. The SMILES string of the molecule is COC(=O)[C@H]1C[C@@H](O)CN1C(=O)CO/N=C1/C=C2CC[C@H]3[C@@H](CC[C@@]4(C)[C@@H]3CC[C@]4(O)C(C)=O)[C@@]2(C)CC1. The number of carbonyl (C=O) groups excluding carboxylic acids is 3. The second-order valence-corrected chi connectivity index (χ2v) is 12.7. The number of allylic oxidation sites excluding steroid dienone is 2. The van der Waals surface area contributed by atoms with Gasteiger partial charge in [-0.25, -0.2) is 4.79 Å². The highest BCUT2D eigenvalue weighted by Gasteiger charge is 2.65. The Kier molecular flexibility index (Phi) is 7.00. The van der Waals surface area contributed by atoms with Crippen LogP contribution in [0.1, 0.15) is 78.6 Å². The van der Waals surface area contributed by atoms with E-state index in [0.29, 0.717) is 24.2 Å². The van der Waals surface area contributed by atoms with Crippen LogP contribution in [0.15, 0.2) is 16.8 Å². The molecule has 1 heterocycles. The number of hydrogen-bond donors (Lipinski definition) is 2. The molecule has 210 valence electrons. The second-order valence-electron chi connectivity index (χ2n) is 12.7. The van der Waals surface area contributed by atoms with Crippen molar-refractivity contribution < 1.29 is 34.2 Å². The maximum atomic E-state index is 12.7. The number of β-amino-alcohol motifs (C(OH)–C–C–N with tert-alkyl or cyclic N) is 1. The van der Waals surface area contributed by atoms with E-state index in [0.717, 1.165) is 50.7 Å². The topological polar surface area (TPSA) is 126 Å². The number of oxime groups is 1. The Morgan fingerprint density at radius 2 is 1.84 bits per heavy atom. The maximum Gasteiger partial charge on any atom is 0.328 e. The van der Waals surface area contributed by atoms with Crippen LogP contribution in [0.5, 0.6) is 0 Å². The molecule has 0 aromatic carbocycles. The molecule has 0 bridgehead atoms. The van der Waals surface area contributed by atoms with Gasteiger partial charge in [-0.3, -0.25) is 9.59 Å². The molecule has 0 radical (unpaired) electrons. The number of carbonyl (C=O) groups is 3. The average molecular weight is 531 g/mol. The highest BCUT2D eigenvalue weighted by Crippen LogP contribution is 2.67. The molecule has 2 N–H and O–H groups in total. The normalized spacial score (nSPS) is 43.1. The molecule has 4 fully saturated rings. The molecule has 1 saturated heterocycles. The predicted molar refractivity (Wildman–Crippen MR) is 139 cm³/mol. The molecule has 5 aliphatic rings. The zero-order valence-corrected chi connectivity index (χ0v) is 23.1. The Bertz CT molecular complexity index is 1070. The van der Waals surface area contributed by atoms with Crippen LogP contribution in [-0.2, 0) is 24.0 Å². The third-order valence-corrected chi connectivity index (χ3v) is 11.2. The first kappa shape index (κ1) is 27.3. The summed E-state index contributed by atoms with van der Waals surface area (Å²) in [5.41, 5.74) is 0.746. The van der Waals surface area contributed by atoms with E-state index >= 15 is 0 Å². The molecule has 0 aromatic rings. The lowest BCUT2D eigenvalue weighted by Crippen LogP contribution is -2.57. The Balaban J connectivity index is 1.25. The number of hydrogen-bond acceptors (Lipinski definition) is 8. The zero-order chi connectivity index (χ0) is 27.5. The minimum atomic E-state index is -1.19. The van der Waals surface area contributed by atoms with Crippen LogP contribution in [0, 0.1) is 28.6 Å². The molecular formula is C29H42N2O7. The van der Waals surface area contributed by atoms with Gasteiger partial charge in [0.2, 0.25) is 0 Å². The van der Waals surface area contributed by atoms with E-state index in [1.54, 1.807) is 6.92 Å². The minimum absolute atomic E-state index is 0.0649. The van der Waals surface area contributed by atoms with Crippen molar-refractivity contribution in [3.05, 3.63) is 11.6 Å². The van der Waals surface area contributed by atoms with E-state index in [1.807, 2.05) is 0 Å². The van der Waals surface area contributed by atoms with E-state index in [-0.39, 0.29) is 36.2 Å². The summed E-state index contributed by atoms with van der Waals surface area (Å²) in [6, 6.07) is -0.796. The lowest BCUT2D eigenvalue weighted by molar-refractivity contribution is -0.159. The summed E-state index contributed by atoms with van der Waals surface area (Å²) in [7, 11) is 1.27. The number of nitrogens with zero attached hydrogens (tertiary/aromatic N) is 2. The lowest BCUT2D eigenvalue weighted by atomic mass is 9.46. The molecule has 0 unspecified atom stereocenters. The summed E-state index contributed by atoms with van der Waals surface area (Å²) in [6.45, 7) is 5.85. The predicted octanol–water partition coefficient (Wildman–Crippen LogP) is 2.78. The molecule has 9 nitrogen and oxygen atoms in total. The van der Waals surface area contributed by atoms with Gasteiger partial charge in [0.05, 0.1) is 18.9 Å². The van der Waals surface area contributed by atoms with Crippen LogP contribution >= 0.6 is 0 Å². The van der Waals surface area contributed by atoms with Crippen LogP contribution in [-0.4, -0.2) is 76.5 Å². The smallest absolute Gasteiger partial charge is 0.328 e. The Morgan fingerprint density at radius 3 is 2.55 bits per heavy atom. The minimum Gasteiger partial charge on any atom is -0.467 e. The third kappa shape index (κ3) is 4.12. The molecule has 9 heteroatoms. The number of rotatable bonds is 5. The molecule has 8 atom stereocenters. The molecule has 1 amide bonds. The third-order valence-electron chi connectivity index (χ3n) is 11.2. The van der Waals surface area contributed by atoms with Crippen molar-refractivity contribution in [3.8, 4) is 0 Å². The standard InChI is InChI=1S/C29H42N2O7/c1-17(32)29(36)12-9-23-21-6-5-18-13-19(7-10-27(18,2)22(21)8-11-28(23,29)3)30-38-16-25(34)31-15-20(33)14-24(31)26(35)37-4/h13,20-24,33,36H,5-12,14-16H2,1-4H3/b30-19+/t20-,21+,22-,23-,24-,27+,28+,29+/m1/s1. The molecular weight excluding hydrogens is 488 g/mol. The van der Waals surface area contributed by atoms with E-state index in [2.05, 4.69) is 25.1 Å². The number of methoxy groups -OCH3 is 1. The van der Waals surface area contributed by atoms with E-state index in [9.17, 15) is 24.6 Å². The summed E-state index contributed by atoms with van der Waals surface area (Å²) in [5, 5.41) is 25.5. The average Bonchev–Trinajstić information content (AvgIpc) is 3.41. The number of likely N-dealkylation sites (tertiary alicyclic amines) is 1. The molecule has 4 aliphatic carbocycles. The monoisotopic (exact) mass is 530 g/mol. The fraction of sp³-hybridized carbons (Fsp3) is 0.793. The largest absolute Gasteiger partial charge is 0.467 e. The quantitative estimate of drug-likeness (QED) is 0.414. The second kappa shape index (κ2) is 9.73. The van der Waals surface area contributed by atoms with Crippen LogP contribution in [0.25, 0.3) is 0 Å². The Labute approximate surface area is 224 Å². The van der Waals surface area contributed by atoms with Gasteiger partial charge in [0.15, 0.2) is 12.4 Å². The van der Waals surface area contributed by atoms with Gasteiger partial charge in [-0.05, 0) is 87.5 Å². The summed E-state index contributed by atoms with van der Waals surface area (Å²) in [6.07, 6.45) is 8.67. The highest BCUT2D eigenvalue weighted by atomic mass is 16.6.